The minimum absolute atomic E-state index is 0.118. The predicted molar refractivity (Wildman–Crippen MR) is 85.7 cm³/mol. The van der Waals surface area contributed by atoms with Crippen molar-refractivity contribution in [3.05, 3.63) is 58.6 Å². The van der Waals surface area contributed by atoms with Gasteiger partial charge in [0.25, 0.3) is 0 Å². The minimum atomic E-state index is -0.418. The van der Waals surface area contributed by atoms with Crippen molar-refractivity contribution in [1.82, 2.24) is 0 Å². The highest BCUT2D eigenvalue weighted by molar-refractivity contribution is 9.10. The normalized spacial score (nSPS) is 10.2. The van der Waals surface area contributed by atoms with E-state index in [4.69, 9.17) is 9.47 Å². The number of esters is 1. The molecule has 0 heterocycles. The van der Waals surface area contributed by atoms with Gasteiger partial charge in [0.15, 0.2) is 6.61 Å². The molecule has 2 rings (SSSR count). The standard InChI is InChI=1S/C17H17BrO3/c1-2-4-13-7-9-15(10-8-13)21-17(19)12-20-16-6-3-5-14(18)11-16/h3,5-11H,2,4,12H2,1H3. The van der Waals surface area contributed by atoms with Gasteiger partial charge in [-0.3, -0.25) is 0 Å². The molecule has 0 aliphatic rings. The number of carbonyl (C=O) groups is 1. The van der Waals surface area contributed by atoms with Crippen LogP contribution in [0.2, 0.25) is 0 Å². The molecular formula is C17H17BrO3. The summed E-state index contributed by atoms with van der Waals surface area (Å²) in [6.07, 6.45) is 2.12. The molecule has 2 aromatic carbocycles. The highest BCUT2D eigenvalue weighted by Crippen LogP contribution is 2.18. The lowest BCUT2D eigenvalue weighted by atomic mass is 10.1. The Morgan fingerprint density at radius 1 is 1.10 bits per heavy atom. The van der Waals surface area contributed by atoms with Gasteiger partial charge in [0.2, 0.25) is 0 Å². The Balaban J connectivity index is 1.84. The molecule has 0 aromatic heterocycles. The third kappa shape index (κ3) is 5.23. The molecule has 2 aromatic rings. The van der Waals surface area contributed by atoms with Gasteiger partial charge in [0.1, 0.15) is 11.5 Å². The van der Waals surface area contributed by atoms with E-state index in [1.807, 2.05) is 36.4 Å². The Morgan fingerprint density at radius 3 is 2.52 bits per heavy atom. The first-order chi connectivity index (χ1) is 10.2. The maximum Gasteiger partial charge on any atom is 0.349 e. The topological polar surface area (TPSA) is 35.5 Å². The van der Waals surface area contributed by atoms with Gasteiger partial charge in [0, 0.05) is 4.47 Å². The van der Waals surface area contributed by atoms with Crippen molar-refractivity contribution in [1.29, 1.82) is 0 Å². The fraction of sp³-hybridized carbons (Fsp3) is 0.235. The number of carbonyl (C=O) groups excluding carboxylic acids is 1. The van der Waals surface area contributed by atoms with Crippen molar-refractivity contribution in [3.63, 3.8) is 0 Å². The highest BCUT2D eigenvalue weighted by atomic mass is 79.9. The smallest absolute Gasteiger partial charge is 0.349 e. The second-order valence-corrected chi connectivity index (χ2v) is 5.53. The van der Waals surface area contributed by atoms with Crippen LogP contribution in [-0.2, 0) is 11.2 Å². The number of ether oxygens (including phenoxy) is 2. The molecule has 21 heavy (non-hydrogen) atoms. The lowest BCUT2D eigenvalue weighted by molar-refractivity contribution is -0.136. The fourth-order valence-electron chi connectivity index (χ4n) is 1.87. The molecule has 0 bridgehead atoms. The Labute approximate surface area is 133 Å². The van der Waals surface area contributed by atoms with Crippen molar-refractivity contribution < 1.29 is 14.3 Å². The first kappa shape index (κ1) is 15.6. The van der Waals surface area contributed by atoms with Crippen LogP contribution in [0.5, 0.6) is 11.5 Å². The number of hydrogen-bond donors (Lipinski definition) is 0. The summed E-state index contributed by atoms with van der Waals surface area (Å²) in [4.78, 5) is 11.7. The van der Waals surface area contributed by atoms with Crippen LogP contribution in [0.1, 0.15) is 18.9 Å². The van der Waals surface area contributed by atoms with Crippen LogP contribution in [0.3, 0.4) is 0 Å². The molecule has 0 amide bonds. The Morgan fingerprint density at radius 2 is 1.86 bits per heavy atom. The number of hydrogen-bond acceptors (Lipinski definition) is 3. The zero-order valence-corrected chi connectivity index (χ0v) is 13.4. The number of benzene rings is 2. The molecule has 3 nitrogen and oxygen atoms in total. The second-order valence-electron chi connectivity index (χ2n) is 4.61. The van der Waals surface area contributed by atoms with Gasteiger partial charge < -0.3 is 9.47 Å². The van der Waals surface area contributed by atoms with Crippen LogP contribution in [-0.4, -0.2) is 12.6 Å². The summed E-state index contributed by atoms with van der Waals surface area (Å²) in [6.45, 7) is 2.01. The van der Waals surface area contributed by atoms with E-state index < -0.39 is 5.97 Å². The van der Waals surface area contributed by atoms with E-state index in [0.717, 1.165) is 17.3 Å². The van der Waals surface area contributed by atoms with Gasteiger partial charge in [-0.15, -0.1) is 0 Å². The molecule has 0 aliphatic heterocycles. The zero-order chi connectivity index (χ0) is 15.1. The molecule has 110 valence electrons. The van der Waals surface area contributed by atoms with Crippen LogP contribution in [0.4, 0.5) is 0 Å². The summed E-state index contributed by atoms with van der Waals surface area (Å²) >= 11 is 3.35. The number of aryl methyl sites for hydroxylation is 1. The SMILES string of the molecule is CCCc1ccc(OC(=O)COc2cccc(Br)c2)cc1. The van der Waals surface area contributed by atoms with Crippen LogP contribution in [0.15, 0.2) is 53.0 Å². The van der Waals surface area contributed by atoms with Crippen molar-refractivity contribution in [2.24, 2.45) is 0 Å². The number of halogens is 1. The molecule has 4 heteroatoms. The average molecular weight is 349 g/mol. The van der Waals surface area contributed by atoms with Gasteiger partial charge in [-0.1, -0.05) is 47.5 Å². The Bertz CT molecular complexity index is 593. The maximum atomic E-state index is 11.7. The first-order valence-corrected chi connectivity index (χ1v) is 7.64. The molecule has 0 spiro atoms. The average Bonchev–Trinajstić information content (AvgIpc) is 2.48. The summed E-state index contributed by atoms with van der Waals surface area (Å²) in [5.74, 6) is 0.746. The van der Waals surface area contributed by atoms with Crippen molar-refractivity contribution >= 4 is 21.9 Å². The van der Waals surface area contributed by atoms with Gasteiger partial charge >= 0.3 is 5.97 Å². The summed E-state index contributed by atoms with van der Waals surface area (Å²) in [5, 5.41) is 0. The van der Waals surface area contributed by atoms with Crippen molar-refractivity contribution in [3.8, 4) is 11.5 Å². The highest BCUT2D eigenvalue weighted by Gasteiger charge is 2.06. The van der Waals surface area contributed by atoms with Crippen molar-refractivity contribution in [2.75, 3.05) is 6.61 Å². The third-order valence-corrected chi connectivity index (χ3v) is 3.34. The Kier molecular flexibility index (Phi) is 5.81. The molecule has 0 aliphatic carbocycles. The molecule has 0 saturated heterocycles. The zero-order valence-electron chi connectivity index (χ0n) is 11.8. The molecule has 0 radical (unpaired) electrons. The van der Waals surface area contributed by atoms with Gasteiger partial charge in [-0.25, -0.2) is 4.79 Å². The second kappa shape index (κ2) is 7.84. The predicted octanol–water partition coefficient (Wildman–Crippen LogP) is 4.39. The summed E-state index contributed by atoms with van der Waals surface area (Å²) in [6, 6.07) is 14.9. The quantitative estimate of drug-likeness (QED) is 0.573. The molecule has 0 atom stereocenters. The van der Waals surface area contributed by atoms with Crippen LogP contribution < -0.4 is 9.47 Å². The van der Waals surface area contributed by atoms with E-state index >= 15 is 0 Å². The molecule has 0 unspecified atom stereocenters. The molecule has 0 fully saturated rings. The van der Waals surface area contributed by atoms with E-state index in [0.29, 0.717) is 11.5 Å². The largest absolute Gasteiger partial charge is 0.482 e. The lowest BCUT2D eigenvalue weighted by Gasteiger charge is -2.07. The molecule has 0 saturated carbocycles. The first-order valence-electron chi connectivity index (χ1n) is 6.85. The Hall–Kier alpha value is -1.81. The van der Waals surface area contributed by atoms with Gasteiger partial charge in [0.05, 0.1) is 0 Å². The van der Waals surface area contributed by atoms with Crippen LogP contribution in [0, 0.1) is 0 Å². The summed E-state index contributed by atoms with van der Waals surface area (Å²) < 4.78 is 11.5. The monoisotopic (exact) mass is 348 g/mol. The molecule has 0 N–H and O–H groups in total. The fourth-order valence-corrected chi connectivity index (χ4v) is 2.25. The lowest BCUT2D eigenvalue weighted by Crippen LogP contribution is -2.17. The maximum absolute atomic E-state index is 11.7. The summed E-state index contributed by atoms with van der Waals surface area (Å²) in [7, 11) is 0. The van der Waals surface area contributed by atoms with Crippen molar-refractivity contribution in [2.45, 2.75) is 19.8 Å². The van der Waals surface area contributed by atoms with Gasteiger partial charge in [-0.2, -0.15) is 0 Å². The van der Waals surface area contributed by atoms with Crippen LogP contribution in [0.25, 0.3) is 0 Å². The summed E-state index contributed by atoms with van der Waals surface area (Å²) in [5.41, 5.74) is 1.24. The van der Waals surface area contributed by atoms with Gasteiger partial charge in [-0.05, 0) is 42.3 Å². The van der Waals surface area contributed by atoms with Crippen LogP contribution >= 0.6 is 15.9 Å². The minimum Gasteiger partial charge on any atom is -0.482 e. The van der Waals surface area contributed by atoms with E-state index in [2.05, 4.69) is 22.9 Å². The van der Waals surface area contributed by atoms with E-state index in [9.17, 15) is 4.79 Å². The van der Waals surface area contributed by atoms with E-state index in [-0.39, 0.29) is 6.61 Å². The van der Waals surface area contributed by atoms with E-state index in [1.54, 1.807) is 12.1 Å². The molecular weight excluding hydrogens is 332 g/mol. The third-order valence-electron chi connectivity index (χ3n) is 2.85. The number of rotatable bonds is 6. The van der Waals surface area contributed by atoms with E-state index in [1.165, 1.54) is 5.56 Å².